The number of anilines is 1. The lowest BCUT2D eigenvalue weighted by molar-refractivity contribution is -0.130. The maximum absolute atomic E-state index is 12.5. The smallest absolute Gasteiger partial charge is 0.336 e. The minimum Gasteiger partial charge on any atom is -0.478 e. The van der Waals surface area contributed by atoms with E-state index in [9.17, 15) is 14.7 Å². The molecule has 7 heteroatoms. The van der Waals surface area contributed by atoms with Gasteiger partial charge in [-0.05, 0) is 23.3 Å². The second kappa shape index (κ2) is 8.96. The Hall–Kier alpha value is -4.39. The third-order valence-electron chi connectivity index (χ3n) is 4.76. The topological polar surface area (TPSA) is 107 Å². The Bertz CT molecular complexity index is 1250. The Morgan fingerprint density at radius 3 is 2.42 bits per heavy atom. The minimum atomic E-state index is -1.04. The molecule has 0 aliphatic heterocycles. The van der Waals surface area contributed by atoms with Crippen LogP contribution in [0.25, 0.3) is 22.7 Å². The van der Waals surface area contributed by atoms with Gasteiger partial charge in [0, 0.05) is 29.9 Å². The molecule has 7 nitrogen and oxygen atoms in total. The number of carbonyl (C=O) groups excluding carboxylic acids is 1. The van der Waals surface area contributed by atoms with Crippen molar-refractivity contribution in [1.82, 2.24) is 15.3 Å². The van der Waals surface area contributed by atoms with Crippen molar-refractivity contribution in [2.75, 3.05) is 5.32 Å². The lowest BCUT2D eigenvalue weighted by atomic mass is 10.0. The quantitative estimate of drug-likeness (QED) is 0.350. The average Bonchev–Trinajstić information content (AvgIpc) is 3.21. The number of carbonyl (C=O) groups is 2. The van der Waals surface area contributed by atoms with Crippen LogP contribution in [0.3, 0.4) is 0 Å². The number of H-pyrrole nitrogens is 1. The van der Waals surface area contributed by atoms with E-state index in [4.69, 9.17) is 0 Å². The number of fused-ring (bicyclic) bond motifs is 1. The number of aromatic amines is 1. The zero-order valence-corrected chi connectivity index (χ0v) is 16.5. The number of rotatable bonds is 6. The number of amides is 2. The molecule has 0 radical (unpaired) electrons. The Kier molecular flexibility index (Phi) is 5.75. The number of carboxylic acids is 1. The van der Waals surface area contributed by atoms with Crippen molar-refractivity contribution in [3.63, 3.8) is 0 Å². The summed E-state index contributed by atoms with van der Waals surface area (Å²) in [6.07, 6.45) is 4.83. The fourth-order valence-corrected chi connectivity index (χ4v) is 3.29. The van der Waals surface area contributed by atoms with E-state index in [1.165, 1.54) is 0 Å². The summed E-state index contributed by atoms with van der Waals surface area (Å²) in [5.74, 6) is -1.04. The molecule has 0 atom stereocenters. The van der Waals surface area contributed by atoms with Gasteiger partial charge in [0.15, 0.2) is 0 Å². The molecule has 2 heterocycles. The van der Waals surface area contributed by atoms with Crippen LogP contribution in [-0.4, -0.2) is 27.1 Å². The number of aromatic nitrogens is 2. The number of pyridine rings is 1. The van der Waals surface area contributed by atoms with Crippen molar-refractivity contribution in [3.8, 4) is 0 Å². The third-order valence-corrected chi connectivity index (χ3v) is 4.76. The minimum absolute atomic E-state index is 0.143. The number of nitrogens with one attached hydrogen (secondary N) is 3. The van der Waals surface area contributed by atoms with Gasteiger partial charge in [-0.25, -0.2) is 14.6 Å². The number of urea groups is 1. The molecule has 0 bridgehead atoms. The van der Waals surface area contributed by atoms with E-state index in [0.29, 0.717) is 34.4 Å². The van der Waals surface area contributed by atoms with Crippen molar-refractivity contribution in [1.29, 1.82) is 0 Å². The lowest BCUT2D eigenvalue weighted by Gasteiger charge is -2.09. The molecule has 2 amide bonds. The summed E-state index contributed by atoms with van der Waals surface area (Å²) < 4.78 is 0. The van der Waals surface area contributed by atoms with Gasteiger partial charge in [0.25, 0.3) is 0 Å². The van der Waals surface area contributed by atoms with E-state index in [1.54, 1.807) is 48.8 Å². The number of nitrogens with zero attached hydrogens (tertiary/aromatic N) is 1. The van der Waals surface area contributed by atoms with Crippen LogP contribution in [0.4, 0.5) is 10.5 Å². The van der Waals surface area contributed by atoms with Crippen LogP contribution in [0, 0.1) is 0 Å². The summed E-state index contributed by atoms with van der Waals surface area (Å²) >= 11 is 0. The van der Waals surface area contributed by atoms with E-state index in [1.807, 2.05) is 36.4 Å². The predicted octanol–water partition coefficient (Wildman–Crippen LogP) is 4.51. The molecule has 0 unspecified atom stereocenters. The first kappa shape index (κ1) is 19.9. The molecule has 0 fully saturated rings. The molecule has 4 rings (SSSR count). The van der Waals surface area contributed by atoms with Gasteiger partial charge in [-0.3, -0.25) is 0 Å². The SMILES string of the molecule is O=C(NCc1ccccc1)Nc1ccnc2[nH]cc(/C=C(/C(=O)O)c3ccccc3)c12. The van der Waals surface area contributed by atoms with Crippen LogP contribution in [0.1, 0.15) is 16.7 Å². The molecule has 4 N–H and O–H groups in total. The van der Waals surface area contributed by atoms with E-state index in [2.05, 4.69) is 20.6 Å². The van der Waals surface area contributed by atoms with Crippen LogP contribution < -0.4 is 10.6 Å². The molecule has 0 aliphatic rings. The van der Waals surface area contributed by atoms with Gasteiger partial charge < -0.3 is 20.7 Å². The summed E-state index contributed by atoms with van der Waals surface area (Å²) in [6.45, 7) is 0.387. The summed E-state index contributed by atoms with van der Waals surface area (Å²) in [5, 5.41) is 16.0. The van der Waals surface area contributed by atoms with Crippen molar-refractivity contribution in [2.45, 2.75) is 6.54 Å². The molecule has 0 saturated heterocycles. The maximum atomic E-state index is 12.5. The van der Waals surface area contributed by atoms with Gasteiger partial charge in [-0.1, -0.05) is 60.7 Å². The monoisotopic (exact) mass is 412 g/mol. The van der Waals surface area contributed by atoms with Gasteiger partial charge in [0.2, 0.25) is 0 Å². The van der Waals surface area contributed by atoms with Crippen molar-refractivity contribution < 1.29 is 14.7 Å². The van der Waals surface area contributed by atoms with Crippen LogP contribution >= 0.6 is 0 Å². The number of hydrogen-bond donors (Lipinski definition) is 4. The average molecular weight is 412 g/mol. The number of hydrogen-bond acceptors (Lipinski definition) is 3. The first-order valence-electron chi connectivity index (χ1n) is 9.67. The Morgan fingerprint density at radius 2 is 1.71 bits per heavy atom. The second-order valence-electron chi connectivity index (χ2n) is 6.85. The predicted molar refractivity (Wildman–Crippen MR) is 120 cm³/mol. The Morgan fingerprint density at radius 1 is 1.00 bits per heavy atom. The summed E-state index contributed by atoms with van der Waals surface area (Å²) in [6, 6.07) is 19.8. The van der Waals surface area contributed by atoms with Gasteiger partial charge in [0.05, 0.1) is 11.3 Å². The molecule has 0 spiro atoms. The van der Waals surface area contributed by atoms with E-state index < -0.39 is 5.97 Å². The van der Waals surface area contributed by atoms with Crippen LogP contribution in [-0.2, 0) is 11.3 Å². The largest absolute Gasteiger partial charge is 0.478 e. The van der Waals surface area contributed by atoms with Crippen LogP contribution in [0.15, 0.2) is 79.1 Å². The second-order valence-corrected chi connectivity index (χ2v) is 6.85. The standard InChI is InChI=1S/C24H20N4O3/c29-23(30)19(17-9-5-2-6-10-17)13-18-15-26-22-21(18)20(11-12-25-22)28-24(31)27-14-16-7-3-1-4-8-16/h1-13,15H,14H2,(H,29,30)(H3,25,26,27,28,31)/b19-13+. The molecule has 0 saturated carbocycles. The highest BCUT2D eigenvalue weighted by Gasteiger charge is 2.15. The first-order chi connectivity index (χ1) is 15.1. The van der Waals surface area contributed by atoms with Gasteiger partial charge in [0.1, 0.15) is 5.65 Å². The highest BCUT2D eigenvalue weighted by Crippen LogP contribution is 2.29. The maximum Gasteiger partial charge on any atom is 0.336 e. The fourth-order valence-electron chi connectivity index (χ4n) is 3.29. The zero-order valence-electron chi connectivity index (χ0n) is 16.5. The Balaban J connectivity index is 1.63. The normalized spacial score (nSPS) is 11.3. The molecular formula is C24H20N4O3. The summed E-state index contributed by atoms with van der Waals surface area (Å²) in [4.78, 5) is 31.6. The van der Waals surface area contributed by atoms with Crippen molar-refractivity contribution in [2.24, 2.45) is 0 Å². The van der Waals surface area contributed by atoms with E-state index in [0.717, 1.165) is 5.56 Å². The van der Waals surface area contributed by atoms with E-state index >= 15 is 0 Å². The summed E-state index contributed by atoms with van der Waals surface area (Å²) in [7, 11) is 0. The number of aliphatic carboxylic acids is 1. The molecular weight excluding hydrogens is 392 g/mol. The first-order valence-corrected chi connectivity index (χ1v) is 9.67. The van der Waals surface area contributed by atoms with E-state index in [-0.39, 0.29) is 11.6 Å². The van der Waals surface area contributed by atoms with Gasteiger partial charge in [-0.15, -0.1) is 0 Å². The number of carboxylic acid groups (broad SMARTS) is 1. The third kappa shape index (κ3) is 4.62. The van der Waals surface area contributed by atoms with Crippen LogP contribution in [0.5, 0.6) is 0 Å². The van der Waals surface area contributed by atoms with Crippen molar-refractivity contribution in [3.05, 3.63) is 95.8 Å². The van der Waals surface area contributed by atoms with Gasteiger partial charge >= 0.3 is 12.0 Å². The molecule has 31 heavy (non-hydrogen) atoms. The zero-order chi connectivity index (χ0) is 21.6. The molecule has 154 valence electrons. The number of benzene rings is 2. The summed E-state index contributed by atoms with van der Waals surface area (Å²) in [5.41, 5.74) is 3.40. The van der Waals surface area contributed by atoms with Crippen molar-refractivity contribution >= 4 is 40.4 Å². The highest BCUT2D eigenvalue weighted by atomic mass is 16.4. The Labute approximate surface area is 178 Å². The fraction of sp³-hybridized carbons (Fsp3) is 0.0417. The van der Waals surface area contributed by atoms with Crippen LogP contribution in [0.2, 0.25) is 0 Å². The molecule has 0 aliphatic carbocycles. The highest BCUT2D eigenvalue weighted by molar-refractivity contribution is 6.22. The molecule has 2 aromatic heterocycles. The lowest BCUT2D eigenvalue weighted by Crippen LogP contribution is -2.28. The molecule has 2 aromatic carbocycles. The molecule has 4 aromatic rings. The van der Waals surface area contributed by atoms with Gasteiger partial charge in [-0.2, -0.15) is 0 Å².